The Morgan fingerprint density at radius 1 is 1.73 bits per heavy atom. The zero-order chi connectivity index (χ0) is 10.7. The van der Waals surface area contributed by atoms with E-state index in [4.69, 9.17) is 10.6 Å². The number of nitrogens with one attached hydrogen (secondary N) is 1. The minimum absolute atomic E-state index is 0.291. The van der Waals surface area contributed by atoms with Gasteiger partial charge in [-0.3, -0.25) is 4.90 Å². The number of rotatable bonds is 3. The third kappa shape index (κ3) is 2.63. The summed E-state index contributed by atoms with van der Waals surface area (Å²) in [5.41, 5.74) is 3.53. The third-order valence-corrected chi connectivity index (χ3v) is 3.08. The van der Waals surface area contributed by atoms with E-state index in [-0.39, 0.29) is 0 Å². The minimum Gasteiger partial charge on any atom is -0.376 e. The Morgan fingerprint density at radius 3 is 3.33 bits per heavy atom. The van der Waals surface area contributed by atoms with Gasteiger partial charge in [0, 0.05) is 31.2 Å². The highest BCUT2D eigenvalue weighted by Crippen LogP contribution is 2.18. The standard InChI is InChI=1S/C8H15N5OS/c1-6-4-13(2-3-14-6)5-7-8(10-9)15-12-11-7/h6,10H,2-5,9H2,1H3. The van der Waals surface area contributed by atoms with Crippen LogP contribution < -0.4 is 11.3 Å². The molecule has 15 heavy (non-hydrogen) atoms. The van der Waals surface area contributed by atoms with Crippen LogP contribution in [0.5, 0.6) is 0 Å². The molecule has 0 amide bonds. The van der Waals surface area contributed by atoms with Crippen molar-refractivity contribution in [3.05, 3.63) is 5.69 Å². The number of hydrazine groups is 1. The average molecular weight is 229 g/mol. The number of anilines is 1. The topological polar surface area (TPSA) is 76.3 Å². The highest BCUT2D eigenvalue weighted by molar-refractivity contribution is 7.10. The molecule has 1 unspecified atom stereocenters. The molecule has 1 saturated heterocycles. The lowest BCUT2D eigenvalue weighted by atomic mass is 10.3. The van der Waals surface area contributed by atoms with E-state index in [1.807, 2.05) is 0 Å². The summed E-state index contributed by atoms with van der Waals surface area (Å²) < 4.78 is 9.34. The van der Waals surface area contributed by atoms with Gasteiger partial charge in [-0.25, -0.2) is 5.84 Å². The van der Waals surface area contributed by atoms with E-state index in [0.717, 1.165) is 36.9 Å². The molecule has 0 saturated carbocycles. The fraction of sp³-hybridized carbons (Fsp3) is 0.750. The summed E-state index contributed by atoms with van der Waals surface area (Å²) in [4.78, 5) is 2.30. The van der Waals surface area contributed by atoms with Gasteiger partial charge in [0.15, 0.2) is 0 Å². The molecular formula is C8H15N5OS. The lowest BCUT2D eigenvalue weighted by molar-refractivity contribution is -0.0215. The first-order valence-electron chi connectivity index (χ1n) is 4.91. The summed E-state index contributed by atoms with van der Waals surface area (Å²) in [6.45, 7) is 5.51. The fourth-order valence-corrected chi connectivity index (χ4v) is 2.15. The van der Waals surface area contributed by atoms with Crippen molar-refractivity contribution in [2.24, 2.45) is 5.84 Å². The highest BCUT2D eigenvalue weighted by atomic mass is 32.1. The molecule has 6 nitrogen and oxygen atoms in total. The van der Waals surface area contributed by atoms with Crippen LogP contribution in [0.3, 0.4) is 0 Å². The van der Waals surface area contributed by atoms with E-state index in [0.29, 0.717) is 6.10 Å². The molecule has 2 heterocycles. The number of nitrogens with two attached hydrogens (primary N) is 1. The lowest BCUT2D eigenvalue weighted by Gasteiger charge is -2.30. The molecule has 1 fully saturated rings. The van der Waals surface area contributed by atoms with E-state index in [1.54, 1.807) is 0 Å². The number of nitrogen functional groups attached to an aromatic ring is 1. The highest BCUT2D eigenvalue weighted by Gasteiger charge is 2.19. The van der Waals surface area contributed by atoms with Gasteiger partial charge in [-0.15, -0.1) is 5.10 Å². The smallest absolute Gasteiger partial charge is 0.148 e. The van der Waals surface area contributed by atoms with Crippen LogP contribution in [-0.2, 0) is 11.3 Å². The van der Waals surface area contributed by atoms with Crippen LogP contribution in [0, 0.1) is 0 Å². The first-order valence-corrected chi connectivity index (χ1v) is 5.68. The van der Waals surface area contributed by atoms with Crippen molar-refractivity contribution >= 4 is 16.5 Å². The second-order valence-corrected chi connectivity index (χ2v) is 4.36. The Hall–Kier alpha value is -0.760. The van der Waals surface area contributed by atoms with Gasteiger partial charge in [0.1, 0.15) is 10.7 Å². The second-order valence-electron chi connectivity index (χ2n) is 3.61. The van der Waals surface area contributed by atoms with Crippen LogP contribution in [0.4, 0.5) is 5.00 Å². The maximum Gasteiger partial charge on any atom is 0.148 e. The van der Waals surface area contributed by atoms with Crippen molar-refractivity contribution in [1.82, 2.24) is 14.5 Å². The lowest BCUT2D eigenvalue weighted by Crippen LogP contribution is -2.40. The summed E-state index contributed by atoms with van der Waals surface area (Å²) in [6, 6.07) is 0. The molecule has 84 valence electrons. The molecule has 3 N–H and O–H groups in total. The zero-order valence-corrected chi connectivity index (χ0v) is 9.46. The minimum atomic E-state index is 0.291. The number of hydrogen-bond donors (Lipinski definition) is 2. The third-order valence-electron chi connectivity index (χ3n) is 2.39. The SMILES string of the molecule is CC1CN(Cc2nnsc2NN)CCO1. The normalized spacial score (nSPS) is 22.9. The summed E-state index contributed by atoms with van der Waals surface area (Å²) in [6.07, 6.45) is 0.291. The van der Waals surface area contributed by atoms with E-state index < -0.39 is 0 Å². The Morgan fingerprint density at radius 2 is 2.60 bits per heavy atom. The molecule has 0 radical (unpaired) electrons. The maximum atomic E-state index is 5.47. The second kappa shape index (κ2) is 4.84. The van der Waals surface area contributed by atoms with Crippen LogP contribution >= 0.6 is 11.5 Å². The molecule has 7 heteroatoms. The predicted octanol–water partition coefficient (Wildman–Crippen LogP) is 0.0444. The molecule has 0 aliphatic carbocycles. The van der Waals surface area contributed by atoms with Gasteiger partial charge < -0.3 is 10.2 Å². The molecule has 1 aromatic rings. The molecule has 1 aliphatic rings. The van der Waals surface area contributed by atoms with Crippen molar-refractivity contribution in [3.63, 3.8) is 0 Å². The van der Waals surface area contributed by atoms with Gasteiger partial charge >= 0.3 is 0 Å². The molecule has 0 bridgehead atoms. The van der Waals surface area contributed by atoms with Gasteiger partial charge in [-0.2, -0.15) is 0 Å². The molecule has 2 rings (SSSR count). The number of morpholine rings is 1. The van der Waals surface area contributed by atoms with Crippen molar-refractivity contribution < 1.29 is 4.74 Å². The zero-order valence-electron chi connectivity index (χ0n) is 8.64. The summed E-state index contributed by atoms with van der Waals surface area (Å²) >= 11 is 1.28. The number of aromatic nitrogens is 2. The Kier molecular flexibility index (Phi) is 3.47. The first-order chi connectivity index (χ1) is 7.29. The maximum absolute atomic E-state index is 5.47. The van der Waals surface area contributed by atoms with Gasteiger partial charge in [-0.1, -0.05) is 4.49 Å². The summed E-state index contributed by atoms with van der Waals surface area (Å²) in [7, 11) is 0. The predicted molar refractivity (Wildman–Crippen MR) is 58.4 cm³/mol. The van der Waals surface area contributed by atoms with Gasteiger partial charge in [0.05, 0.1) is 12.7 Å². The fourth-order valence-electron chi connectivity index (χ4n) is 1.67. The average Bonchev–Trinajstić information content (AvgIpc) is 2.65. The van der Waals surface area contributed by atoms with Gasteiger partial charge in [-0.05, 0) is 6.92 Å². The Labute approximate surface area is 92.5 Å². The van der Waals surface area contributed by atoms with E-state index in [9.17, 15) is 0 Å². The first kappa shape index (κ1) is 10.7. The van der Waals surface area contributed by atoms with Crippen molar-refractivity contribution in [2.75, 3.05) is 25.1 Å². The van der Waals surface area contributed by atoms with Crippen LogP contribution in [0.1, 0.15) is 12.6 Å². The van der Waals surface area contributed by atoms with E-state index >= 15 is 0 Å². The largest absolute Gasteiger partial charge is 0.376 e. The molecular weight excluding hydrogens is 214 g/mol. The molecule has 1 aliphatic heterocycles. The number of ether oxygens (including phenoxy) is 1. The molecule has 0 spiro atoms. The van der Waals surface area contributed by atoms with Crippen LogP contribution in [0.25, 0.3) is 0 Å². The van der Waals surface area contributed by atoms with Crippen molar-refractivity contribution in [3.8, 4) is 0 Å². The summed E-state index contributed by atoms with van der Waals surface area (Å²) in [5.74, 6) is 5.36. The Balaban J connectivity index is 1.96. The number of nitrogens with zero attached hydrogens (tertiary/aromatic N) is 3. The van der Waals surface area contributed by atoms with Crippen LogP contribution in [0.2, 0.25) is 0 Å². The summed E-state index contributed by atoms with van der Waals surface area (Å²) in [5, 5.41) is 4.89. The van der Waals surface area contributed by atoms with E-state index in [1.165, 1.54) is 11.5 Å². The van der Waals surface area contributed by atoms with E-state index in [2.05, 4.69) is 26.8 Å². The van der Waals surface area contributed by atoms with Crippen molar-refractivity contribution in [1.29, 1.82) is 0 Å². The van der Waals surface area contributed by atoms with Gasteiger partial charge in [0.2, 0.25) is 0 Å². The molecule has 1 aromatic heterocycles. The molecule has 1 atom stereocenters. The Bertz CT molecular complexity index is 318. The van der Waals surface area contributed by atoms with Gasteiger partial charge in [0.25, 0.3) is 0 Å². The molecule has 0 aromatic carbocycles. The van der Waals surface area contributed by atoms with Crippen molar-refractivity contribution in [2.45, 2.75) is 19.6 Å². The van der Waals surface area contributed by atoms with Crippen LogP contribution in [0.15, 0.2) is 0 Å². The quantitative estimate of drug-likeness (QED) is 0.563. The monoisotopic (exact) mass is 229 g/mol. The number of hydrogen-bond acceptors (Lipinski definition) is 7. The van der Waals surface area contributed by atoms with Crippen LogP contribution in [-0.4, -0.2) is 40.3 Å².